The highest BCUT2D eigenvalue weighted by atomic mass is 32.2. The van der Waals surface area contributed by atoms with Gasteiger partial charge in [-0.3, -0.25) is 9.10 Å². The molecule has 3 rings (SSSR count). The molecular formula is C26H29FN2O4S. The van der Waals surface area contributed by atoms with Crippen molar-refractivity contribution in [3.05, 3.63) is 90.2 Å². The molecular weight excluding hydrogens is 455 g/mol. The van der Waals surface area contributed by atoms with Gasteiger partial charge in [-0.1, -0.05) is 44.2 Å². The van der Waals surface area contributed by atoms with Crippen LogP contribution in [0.5, 0.6) is 5.75 Å². The Balaban J connectivity index is 1.88. The Morgan fingerprint density at radius 1 is 0.971 bits per heavy atom. The van der Waals surface area contributed by atoms with Gasteiger partial charge < -0.3 is 10.1 Å². The molecule has 1 amide bonds. The number of nitrogens with zero attached hydrogens (tertiary/aromatic N) is 1. The van der Waals surface area contributed by atoms with E-state index in [1.54, 1.807) is 37.4 Å². The molecule has 0 aromatic heterocycles. The van der Waals surface area contributed by atoms with Crippen molar-refractivity contribution in [1.82, 2.24) is 5.32 Å². The van der Waals surface area contributed by atoms with E-state index in [1.807, 2.05) is 24.3 Å². The summed E-state index contributed by atoms with van der Waals surface area (Å²) < 4.78 is 46.4. The minimum atomic E-state index is -4.11. The average molecular weight is 485 g/mol. The molecule has 1 atom stereocenters. The molecule has 0 bridgehead atoms. The highest BCUT2D eigenvalue weighted by Gasteiger charge is 2.28. The van der Waals surface area contributed by atoms with Crippen LogP contribution in [-0.4, -0.2) is 28.0 Å². The zero-order chi connectivity index (χ0) is 24.7. The standard InChI is InChI=1S/C26H29FN2O4S/c1-19(2)17-25(20-9-13-23(33-3)14-10-20)28-26(30)18-29(22-7-5-4-6-8-22)34(31,32)24-15-11-21(27)12-16-24/h4-16,19,25H,17-18H2,1-3H3,(H,28,30)/t25-/m1/s1. The van der Waals surface area contributed by atoms with Gasteiger partial charge in [-0.2, -0.15) is 0 Å². The first-order valence-corrected chi connectivity index (χ1v) is 12.4. The number of hydrogen-bond donors (Lipinski definition) is 1. The van der Waals surface area contributed by atoms with Gasteiger partial charge in [0.2, 0.25) is 5.91 Å². The highest BCUT2D eigenvalue weighted by molar-refractivity contribution is 7.92. The number of ether oxygens (including phenoxy) is 1. The van der Waals surface area contributed by atoms with Crippen molar-refractivity contribution >= 4 is 21.6 Å². The zero-order valence-corrected chi connectivity index (χ0v) is 20.3. The van der Waals surface area contributed by atoms with Crippen LogP contribution in [0.25, 0.3) is 0 Å². The molecule has 0 heterocycles. The van der Waals surface area contributed by atoms with Gasteiger partial charge in [-0.05, 0) is 66.4 Å². The van der Waals surface area contributed by atoms with Gasteiger partial charge in [0, 0.05) is 0 Å². The lowest BCUT2D eigenvalue weighted by atomic mass is 9.97. The molecule has 0 aliphatic heterocycles. The molecule has 8 heteroatoms. The number of halogens is 1. The Morgan fingerprint density at radius 2 is 1.59 bits per heavy atom. The third-order valence-corrected chi connectivity index (χ3v) is 7.08. The van der Waals surface area contributed by atoms with Crippen molar-refractivity contribution < 1.29 is 22.3 Å². The summed E-state index contributed by atoms with van der Waals surface area (Å²) in [6.45, 7) is 3.68. The van der Waals surface area contributed by atoms with Gasteiger partial charge in [0.1, 0.15) is 18.1 Å². The minimum Gasteiger partial charge on any atom is -0.497 e. The summed E-state index contributed by atoms with van der Waals surface area (Å²) in [7, 11) is -2.52. The number of para-hydroxylation sites is 1. The molecule has 0 aliphatic rings. The van der Waals surface area contributed by atoms with Crippen molar-refractivity contribution in [3.63, 3.8) is 0 Å². The fourth-order valence-electron chi connectivity index (χ4n) is 3.60. The van der Waals surface area contributed by atoms with E-state index in [0.29, 0.717) is 23.8 Å². The summed E-state index contributed by atoms with van der Waals surface area (Å²) in [5.41, 5.74) is 1.24. The number of rotatable bonds is 10. The average Bonchev–Trinajstić information content (AvgIpc) is 2.82. The number of benzene rings is 3. The normalized spacial score (nSPS) is 12.3. The smallest absolute Gasteiger partial charge is 0.264 e. The van der Waals surface area contributed by atoms with Gasteiger partial charge in [-0.15, -0.1) is 0 Å². The number of anilines is 1. The minimum absolute atomic E-state index is 0.0977. The van der Waals surface area contributed by atoms with E-state index in [-0.39, 0.29) is 10.9 Å². The van der Waals surface area contributed by atoms with E-state index >= 15 is 0 Å². The van der Waals surface area contributed by atoms with Crippen LogP contribution in [0.1, 0.15) is 31.9 Å². The number of amides is 1. The molecule has 3 aromatic rings. The van der Waals surface area contributed by atoms with Crippen LogP contribution in [0.4, 0.5) is 10.1 Å². The number of nitrogens with one attached hydrogen (secondary N) is 1. The van der Waals surface area contributed by atoms with Gasteiger partial charge >= 0.3 is 0 Å². The summed E-state index contributed by atoms with van der Waals surface area (Å²) in [5.74, 6) is 0.00886. The number of methoxy groups -OCH3 is 1. The van der Waals surface area contributed by atoms with Gasteiger partial charge in [-0.25, -0.2) is 12.8 Å². The van der Waals surface area contributed by atoms with Gasteiger partial charge in [0.05, 0.1) is 23.7 Å². The van der Waals surface area contributed by atoms with Crippen LogP contribution in [-0.2, 0) is 14.8 Å². The quantitative estimate of drug-likeness (QED) is 0.443. The molecule has 34 heavy (non-hydrogen) atoms. The first-order valence-electron chi connectivity index (χ1n) is 11.0. The molecule has 0 saturated heterocycles. The SMILES string of the molecule is COc1ccc([C@@H](CC(C)C)NC(=O)CN(c2ccccc2)S(=O)(=O)c2ccc(F)cc2)cc1. The summed E-state index contributed by atoms with van der Waals surface area (Å²) in [6, 6.07) is 20.0. The van der Waals surface area contributed by atoms with E-state index in [0.717, 1.165) is 22.0 Å². The first-order chi connectivity index (χ1) is 16.2. The van der Waals surface area contributed by atoms with Crippen LogP contribution in [0.15, 0.2) is 83.8 Å². The molecule has 0 radical (unpaired) electrons. The summed E-state index contributed by atoms with van der Waals surface area (Å²) >= 11 is 0. The van der Waals surface area contributed by atoms with Crippen molar-refractivity contribution in [2.45, 2.75) is 31.2 Å². The maximum atomic E-state index is 13.4. The second-order valence-corrected chi connectivity index (χ2v) is 10.2. The monoisotopic (exact) mass is 484 g/mol. The van der Waals surface area contributed by atoms with E-state index < -0.39 is 28.3 Å². The molecule has 0 spiro atoms. The van der Waals surface area contributed by atoms with Crippen molar-refractivity contribution in [2.75, 3.05) is 18.0 Å². The Bertz CT molecular complexity index is 1180. The van der Waals surface area contributed by atoms with E-state index in [2.05, 4.69) is 19.2 Å². The summed E-state index contributed by atoms with van der Waals surface area (Å²) in [5, 5.41) is 2.99. The topological polar surface area (TPSA) is 75.7 Å². The van der Waals surface area contributed by atoms with E-state index in [4.69, 9.17) is 4.74 Å². The Hall–Kier alpha value is -3.39. The third-order valence-electron chi connectivity index (χ3n) is 5.29. The number of hydrogen-bond acceptors (Lipinski definition) is 4. The van der Waals surface area contributed by atoms with Crippen LogP contribution in [0.2, 0.25) is 0 Å². The molecule has 0 unspecified atom stereocenters. The third kappa shape index (κ3) is 6.35. The van der Waals surface area contributed by atoms with E-state index in [9.17, 15) is 17.6 Å². The van der Waals surface area contributed by atoms with Crippen LogP contribution < -0.4 is 14.4 Å². The lowest BCUT2D eigenvalue weighted by Crippen LogP contribution is -2.42. The first kappa shape index (κ1) is 25.2. The fourth-order valence-corrected chi connectivity index (χ4v) is 5.02. The summed E-state index contributed by atoms with van der Waals surface area (Å²) in [6.07, 6.45) is 0.675. The Kier molecular flexibility index (Phi) is 8.28. The number of sulfonamides is 1. The van der Waals surface area contributed by atoms with Crippen LogP contribution >= 0.6 is 0 Å². The van der Waals surface area contributed by atoms with Crippen molar-refractivity contribution in [1.29, 1.82) is 0 Å². The molecule has 3 aromatic carbocycles. The van der Waals surface area contributed by atoms with Gasteiger partial charge in [0.25, 0.3) is 10.0 Å². The highest BCUT2D eigenvalue weighted by Crippen LogP contribution is 2.26. The lowest BCUT2D eigenvalue weighted by molar-refractivity contribution is -0.120. The molecule has 180 valence electrons. The second kappa shape index (κ2) is 11.2. The van der Waals surface area contributed by atoms with Gasteiger partial charge in [0.15, 0.2) is 0 Å². The second-order valence-electron chi connectivity index (χ2n) is 8.32. The molecule has 0 aliphatic carbocycles. The fraction of sp³-hybridized carbons (Fsp3) is 0.269. The number of carbonyl (C=O) groups is 1. The summed E-state index contributed by atoms with van der Waals surface area (Å²) in [4.78, 5) is 13.0. The van der Waals surface area contributed by atoms with Crippen molar-refractivity contribution in [3.8, 4) is 5.75 Å². The lowest BCUT2D eigenvalue weighted by Gasteiger charge is -2.26. The Labute approximate surface area is 200 Å². The maximum absolute atomic E-state index is 13.4. The predicted octanol–water partition coefficient (Wildman–Crippen LogP) is 4.93. The van der Waals surface area contributed by atoms with Crippen molar-refractivity contribution in [2.24, 2.45) is 5.92 Å². The Morgan fingerprint density at radius 3 is 2.15 bits per heavy atom. The molecule has 1 N–H and O–H groups in total. The molecule has 0 saturated carbocycles. The predicted molar refractivity (Wildman–Crippen MR) is 131 cm³/mol. The molecule has 6 nitrogen and oxygen atoms in total. The van der Waals surface area contributed by atoms with Crippen LogP contribution in [0, 0.1) is 11.7 Å². The van der Waals surface area contributed by atoms with Crippen LogP contribution in [0.3, 0.4) is 0 Å². The maximum Gasteiger partial charge on any atom is 0.264 e. The molecule has 0 fully saturated rings. The number of carbonyl (C=O) groups excluding carboxylic acids is 1. The van der Waals surface area contributed by atoms with E-state index in [1.165, 1.54) is 12.1 Å². The zero-order valence-electron chi connectivity index (χ0n) is 19.4. The largest absolute Gasteiger partial charge is 0.497 e.